The van der Waals surface area contributed by atoms with E-state index >= 15 is 0 Å². The number of hydrogen-bond acceptors (Lipinski definition) is 24. The van der Waals surface area contributed by atoms with Crippen LogP contribution in [0.2, 0.25) is 0 Å². The SMILES string of the molecule is C[C@H]1[C@H]2OC[C@](COCCOCCOCCOCCn3cc(COCC(COCc4cn(CCOCCOCCOCCOC[C@@]56CO[C@@H](O5)[C@H](C)[C@@H](O)[C@H]6O)nn4)NC(=O)CCCN)nn3)(O2)[C@H](O)[C@@H]1O. The van der Waals surface area contributed by atoms with Crippen molar-refractivity contribution in [1.29, 1.82) is 0 Å². The van der Waals surface area contributed by atoms with Crippen molar-refractivity contribution in [3.05, 3.63) is 23.8 Å². The molecule has 0 saturated carbocycles. The van der Waals surface area contributed by atoms with Crippen LogP contribution in [0.15, 0.2) is 12.4 Å². The summed E-state index contributed by atoms with van der Waals surface area (Å²) >= 11 is 0. The first-order valence-corrected chi connectivity index (χ1v) is 24.9. The van der Waals surface area contributed by atoms with Gasteiger partial charge in [0.2, 0.25) is 5.91 Å². The fraction of sp³-hybridized carbons (Fsp3) is 0.889. The van der Waals surface area contributed by atoms with E-state index in [0.717, 1.165) is 0 Å². The van der Waals surface area contributed by atoms with E-state index in [2.05, 4.69) is 25.9 Å². The highest BCUT2D eigenvalue weighted by molar-refractivity contribution is 5.76. The molecule has 0 aromatic carbocycles. The Bertz CT molecular complexity index is 1690. The second kappa shape index (κ2) is 31.1. The van der Waals surface area contributed by atoms with Crippen LogP contribution in [0.1, 0.15) is 38.1 Å². The maximum absolute atomic E-state index is 12.5. The van der Waals surface area contributed by atoms with E-state index in [9.17, 15) is 25.2 Å². The lowest BCUT2D eigenvalue weighted by molar-refractivity contribution is -0.249. The normalized spacial score (nSPS) is 28.3. The summed E-state index contributed by atoms with van der Waals surface area (Å²) in [4.78, 5) is 12.5. The topological polar surface area (TPSA) is 327 Å². The van der Waals surface area contributed by atoms with E-state index in [4.69, 9.17) is 72.0 Å². The van der Waals surface area contributed by atoms with Crippen molar-refractivity contribution < 1.29 is 91.5 Å². The third-order valence-electron chi connectivity index (χ3n) is 12.5. The van der Waals surface area contributed by atoms with Crippen molar-refractivity contribution >= 4 is 5.91 Å². The summed E-state index contributed by atoms with van der Waals surface area (Å²) in [6.07, 6.45) is -0.740. The summed E-state index contributed by atoms with van der Waals surface area (Å²) in [7, 11) is 0. The van der Waals surface area contributed by atoms with Crippen LogP contribution in [-0.4, -0.2) is 249 Å². The molecule has 0 unspecified atom stereocenters. The Balaban J connectivity index is 0.727. The van der Waals surface area contributed by atoms with Crippen molar-refractivity contribution in [2.75, 3.05) is 139 Å². The standard InChI is InChI=1S/C45H78N8O19/c1-32-38(55)40(57)44(30-69-42(32)71-44)28-65-20-18-63-16-14-61-12-10-59-8-6-52-22-34(48-50-52)24-67-26-36(47-37(54)4-3-5-46)27-68-25-35-23-53(51-49-35)7-9-60-11-13-62-15-17-64-19-21-66-29-45-31-70-43(72-45)33(2)39(56)41(45)58/h22-23,32-33,36,38-43,55-58H,3-21,24-31,46H2,1-2H3,(H,47,54)/t32-,33-,38-,39-,40-,41-,42+,43+,44+,45+/m1/s1. The van der Waals surface area contributed by atoms with Gasteiger partial charge in [-0.2, -0.15) is 0 Å². The van der Waals surface area contributed by atoms with Crippen LogP contribution in [0.25, 0.3) is 0 Å². The summed E-state index contributed by atoms with van der Waals surface area (Å²) in [5.41, 5.74) is 4.71. The maximum Gasteiger partial charge on any atom is 0.220 e. The number of carbonyl (C=O) groups is 1. The number of fused-ring (bicyclic) bond motifs is 4. The molecule has 0 aliphatic carbocycles. The highest BCUT2D eigenvalue weighted by Gasteiger charge is 2.59. The van der Waals surface area contributed by atoms with E-state index in [1.807, 2.05) is 0 Å². The van der Waals surface area contributed by atoms with Crippen molar-refractivity contribution in [3.8, 4) is 0 Å². The number of nitrogens with one attached hydrogen (secondary N) is 1. The van der Waals surface area contributed by atoms with Gasteiger partial charge in [-0.25, -0.2) is 9.36 Å². The summed E-state index contributed by atoms with van der Waals surface area (Å²) in [6, 6.07) is -0.435. The van der Waals surface area contributed by atoms with Gasteiger partial charge in [0.05, 0.1) is 189 Å². The highest BCUT2D eigenvalue weighted by Crippen LogP contribution is 2.41. The van der Waals surface area contributed by atoms with E-state index < -0.39 is 54.2 Å². The van der Waals surface area contributed by atoms with E-state index in [0.29, 0.717) is 130 Å². The second-order valence-corrected chi connectivity index (χ2v) is 18.2. The quantitative estimate of drug-likeness (QED) is 0.0361. The van der Waals surface area contributed by atoms with Gasteiger partial charge in [-0.1, -0.05) is 24.3 Å². The molecule has 6 heterocycles. The summed E-state index contributed by atoms with van der Waals surface area (Å²) in [5, 5.41) is 61.1. The molecule has 72 heavy (non-hydrogen) atoms. The van der Waals surface area contributed by atoms with Gasteiger partial charge in [0.1, 0.15) is 34.8 Å². The highest BCUT2D eigenvalue weighted by atomic mass is 16.8. The first kappa shape index (κ1) is 58.3. The molecule has 10 atom stereocenters. The number of rotatable bonds is 40. The lowest BCUT2D eigenvalue weighted by Crippen LogP contribution is -2.60. The molecule has 4 aliphatic heterocycles. The smallest absolute Gasteiger partial charge is 0.220 e. The van der Waals surface area contributed by atoms with Crippen molar-refractivity contribution in [2.45, 2.75) is 107 Å². The average Bonchev–Trinajstić information content (AvgIpc) is 4.21. The molecule has 2 aromatic rings. The van der Waals surface area contributed by atoms with E-state index in [1.165, 1.54) is 0 Å². The third-order valence-corrected chi connectivity index (χ3v) is 12.5. The van der Waals surface area contributed by atoms with Gasteiger partial charge < -0.3 is 97.8 Å². The molecule has 4 saturated heterocycles. The molecule has 4 bridgehead atoms. The zero-order valence-electron chi connectivity index (χ0n) is 41.6. The van der Waals surface area contributed by atoms with Gasteiger partial charge >= 0.3 is 0 Å². The first-order valence-electron chi connectivity index (χ1n) is 24.9. The van der Waals surface area contributed by atoms with E-state index in [1.54, 1.807) is 35.6 Å². The zero-order valence-corrected chi connectivity index (χ0v) is 41.6. The molecule has 7 N–H and O–H groups in total. The molecule has 4 aliphatic rings. The van der Waals surface area contributed by atoms with Crippen LogP contribution in [0, 0.1) is 11.8 Å². The Kier molecular flexibility index (Phi) is 25.2. The van der Waals surface area contributed by atoms with Gasteiger partial charge in [-0.15, -0.1) is 10.2 Å². The van der Waals surface area contributed by atoms with Crippen LogP contribution in [0.5, 0.6) is 0 Å². The molecule has 27 nitrogen and oxygen atoms in total. The molecular weight excluding hydrogens is 957 g/mol. The summed E-state index contributed by atoms with van der Waals surface area (Å²) < 4.78 is 82.8. The first-order chi connectivity index (χ1) is 35.0. The summed E-state index contributed by atoms with van der Waals surface area (Å²) in [6.45, 7) is 11.3. The van der Waals surface area contributed by atoms with Gasteiger partial charge in [0, 0.05) is 18.3 Å². The number of hydrogen-bond donors (Lipinski definition) is 6. The lowest BCUT2D eigenvalue weighted by atomic mass is 9.86. The van der Waals surface area contributed by atoms with Gasteiger partial charge in [0.15, 0.2) is 12.6 Å². The van der Waals surface area contributed by atoms with Crippen molar-refractivity contribution in [1.82, 2.24) is 35.3 Å². The van der Waals surface area contributed by atoms with Gasteiger partial charge in [0.25, 0.3) is 0 Å². The maximum atomic E-state index is 12.5. The average molecular weight is 1040 g/mol. The Morgan fingerprint density at radius 1 is 0.639 bits per heavy atom. The fourth-order valence-corrected chi connectivity index (χ4v) is 8.17. The minimum atomic E-state index is -1.09. The molecule has 0 radical (unpaired) electrons. The predicted molar refractivity (Wildman–Crippen MR) is 246 cm³/mol. The van der Waals surface area contributed by atoms with Crippen molar-refractivity contribution in [3.63, 3.8) is 0 Å². The third kappa shape index (κ3) is 18.1. The van der Waals surface area contributed by atoms with Crippen LogP contribution in [0.4, 0.5) is 0 Å². The Hall–Kier alpha value is -3.01. The fourth-order valence-electron chi connectivity index (χ4n) is 8.17. The number of ether oxygens (including phenoxy) is 14. The molecule has 6 rings (SSSR count). The minimum Gasteiger partial charge on any atom is -0.390 e. The minimum absolute atomic E-state index is 0.0930. The predicted octanol–water partition coefficient (Wildman–Crippen LogP) is -3.07. The second-order valence-electron chi connectivity index (χ2n) is 18.2. The molecule has 2 aromatic heterocycles. The number of aliphatic hydroxyl groups is 4. The Labute approximate surface area is 419 Å². The summed E-state index contributed by atoms with van der Waals surface area (Å²) in [5.74, 6) is -0.784. The zero-order chi connectivity index (χ0) is 51.0. The molecule has 412 valence electrons. The van der Waals surface area contributed by atoms with E-state index in [-0.39, 0.29) is 77.0 Å². The molecule has 27 heteroatoms. The number of nitrogens with zero attached hydrogens (tertiary/aromatic N) is 6. The molecule has 0 spiro atoms. The molecular formula is C45H78N8O19. The number of amides is 1. The Morgan fingerprint density at radius 3 is 1.43 bits per heavy atom. The number of aromatic nitrogens is 6. The van der Waals surface area contributed by atoms with Gasteiger partial charge in [-0.05, 0) is 13.0 Å². The number of carbonyl (C=O) groups excluding carboxylic acids is 1. The van der Waals surface area contributed by atoms with Crippen LogP contribution < -0.4 is 11.1 Å². The number of aliphatic hydroxyl groups excluding tert-OH is 4. The number of nitrogens with two attached hydrogens (primary N) is 1. The molecule has 1 amide bonds. The lowest BCUT2D eigenvalue weighted by Gasteiger charge is -2.41. The van der Waals surface area contributed by atoms with Crippen LogP contribution in [-0.2, 0) is 97.4 Å². The monoisotopic (exact) mass is 1030 g/mol. The van der Waals surface area contributed by atoms with Gasteiger partial charge in [-0.3, -0.25) is 4.79 Å². The van der Waals surface area contributed by atoms with Crippen molar-refractivity contribution in [2.24, 2.45) is 17.6 Å². The van der Waals surface area contributed by atoms with Crippen LogP contribution in [0.3, 0.4) is 0 Å². The largest absolute Gasteiger partial charge is 0.390 e. The molecule has 4 fully saturated rings. The van der Waals surface area contributed by atoms with Crippen LogP contribution >= 0.6 is 0 Å². The Morgan fingerprint density at radius 2 is 1.03 bits per heavy atom.